The van der Waals surface area contributed by atoms with Gasteiger partial charge < -0.3 is 4.79 Å². The smallest absolute Gasteiger partial charge is 0.119 e. The second-order valence-electron chi connectivity index (χ2n) is 5.54. The van der Waals surface area contributed by atoms with E-state index in [0.29, 0.717) is 0 Å². The maximum absolute atomic E-state index is 10.1. The molecule has 112 valence electrons. The lowest BCUT2D eigenvalue weighted by Crippen LogP contribution is -1.80. The largest absolute Gasteiger partial charge is 0.303 e. The SMILES string of the molecule is CCCCCCCCC/C=C\CCCCCCC=O. The summed E-state index contributed by atoms with van der Waals surface area (Å²) in [5.41, 5.74) is 0. The number of unbranched alkanes of at least 4 members (excludes halogenated alkanes) is 12. The summed E-state index contributed by atoms with van der Waals surface area (Å²) < 4.78 is 0. The van der Waals surface area contributed by atoms with Crippen molar-refractivity contribution in [2.24, 2.45) is 0 Å². The predicted octanol–water partition coefficient (Wildman–Crippen LogP) is 6.22. The van der Waals surface area contributed by atoms with E-state index in [0.717, 1.165) is 19.1 Å². The molecule has 0 aliphatic rings. The molecule has 1 heteroatoms. The van der Waals surface area contributed by atoms with Gasteiger partial charge in [0.15, 0.2) is 0 Å². The van der Waals surface area contributed by atoms with Gasteiger partial charge in [-0.05, 0) is 32.1 Å². The minimum absolute atomic E-state index is 0.744. The Morgan fingerprint density at radius 2 is 1.00 bits per heavy atom. The maximum atomic E-state index is 10.1. The van der Waals surface area contributed by atoms with Crippen LogP contribution in [0.3, 0.4) is 0 Å². The zero-order valence-corrected chi connectivity index (χ0v) is 13.0. The average Bonchev–Trinajstić information content (AvgIpc) is 2.43. The molecule has 0 radical (unpaired) electrons. The third-order valence-electron chi connectivity index (χ3n) is 3.58. The molecule has 19 heavy (non-hydrogen) atoms. The molecule has 0 aromatic rings. The Bertz CT molecular complexity index is 196. The van der Waals surface area contributed by atoms with Gasteiger partial charge in [0.05, 0.1) is 0 Å². The highest BCUT2D eigenvalue weighted by Crippen LogP contribution is 2.09. The van der Waals surface area contributed by atoms with Crippen molar-refractivity contribution in [1.29, 1.82) is 0 Å². The van der Waals surface area contributed by atoms with Crippen LogP contribution in [0.5, 0.6) is 0 Å². The van der Waals surface area contributed by atoms with Crippen LogP contribution in [0.25, 0.3) is 0 Å². The first-order valence-corrected chi connectivity index (χ1v) is 8.50. The monoisotopic (exact) mass is 266 g/mol. The highest BCUT2D eigenvalue weighted by atomic mass is 16.1. The third-order valence-corrected chi connectivity index (χ3v) is 3.58. The lowest BCUT2D eigenvalue weighted by Gasteiger charge is -1.99. The van der Waals surface area contributed by atoms with Crippen LogP contribution in [0.4, 0.5) is 0 Å². The van der Waals surface area contributed by atoms with Gasteiger partial charge in [0.2, 0.25) is 0 Å². The molecule has 0 aromatic heterocycles. The van der Waals surface area contributed by atoms with Crippen LogP contribution in [-0.4, -0.2) is 6.29 Å². The Morgan fingerprint density at radius 3 is 1.47 bits per heavy atom. The highest BCUT2D eigenvalue weighted by Gasteiger charge is 1.90. The molecule has 0 unspecified atom stereocenters. The predicted molar refractivity (Wildman–Crippen MR) is 85.5 cm³/mol. The number of carbonyl (C=O) groups is 1. The van der Waals surface area contributed by atoms with Crippen molar-refractivity contribution in [2.75, 3.05) is 0 Å². The zero-order valence-electron chi connectivity index (χ0n) is 13.0. The molecule has 0 amide bonds. The molecule has 0 heterocycles. The van der Waals surface area contributed by atoms with Crippen LogP contribution in [0.15, 0.2) is 12.2 Å². The Kier molecular flexibility index (Phi) is 16.9. The van der Waals surface area contributed by atoms with Gasteiger partial charge in [-0.2, -0.15) is 0 Å². The second kappa shape index (κ2) is 17.4. The van der Waals surface area contributed by atoms with Crippen LogP contribution in [-0.2, 0) is 4.79 Å². The van der Waals surface area contributed by atoms with Crippen LogP contribution >= 0.6 is 0 Å². The van der Waals surface area contributed by atoms with Crippen molar-refractivity contribution in [1.82, 2.24) is 0 Å². The molecule has 0 saturated heterocycles. The minimum atomic E-state index is 0.744. The summed E-state index contributed by atoms with van der Waals surface area (Å²) in [6.45, 7) is 2.27. The topological polar surface area (TPSA) is 17.1 Å². The molecule has 0 bridgehead atoms. The van der Waals surface area contributed by atoms with Crippen LogP contribution < -0.4 is 0 Å². The summed E-state index contributed by atoms with van der Waals surface area (Å²) in [6, 6.07) is 0. The Balaban J connectivity index is 3.03. The number of hydrogen-bond donors (Lipinski definition) is 0. The van der Waals surface area contributed by atoms with Crippen molar-refractivity contribution in [3.05, 3.63) is 12.2 Å². The van der Waals surface area contributed by atoms with Gasteiger partial charge in [-0.25, -0.2) is 0 Å². The van der Waals surface area contributed by atoms with Gasteiger partial charge in [-0.15, -0.1) is 0 Å². The van der Waals surface area contributed by atoms with Crippen molar-refractivity contribution >= 4 is 6.29 Å². The molecule has 0 fully saturated rings. The van der Waals surface area contributed by atoms with E-state index in [1.807, 2.05) is 0 Å². The normalized spacial score (nSPS) is 11.2. The van der Waals surface area contributed by atoms with Crippen LogP contribution in [0.2, 0.25) is 0 Å². The summed E-state index contributed by atoms with van der Waals surface area (Å²) >= 11 is 0. The number of carbonyl (C=O) groups excluding carboxylic acids is 1. The average molecular weight is 266 g/mol. The first kappa shape index (κ1) is 18.4. The second-order valence-corrected chi connectivity index (χ2v) is 5.54. The summed E-state index contributed by atoms with van der Waals surface area (Å²) in [5.74, 6) is 0. The van der Waals surface area contributed by atoms with Crippen LogP contribution in [0.1, 0.15) is 96.8 Å². The summed E-state index contributed by atoms with van der Waals surface area (Å²) in [5, 5.41) is 0. The van der Waals surface area contributed by atoms with E-state index in [4.69, 9.17) is 0 Å². The summed E-state index contributed by atoms with van der Waals surface area (Å²) in [6.07, 6.45) is 23.6. The molecule has 1 nitrogen and oxygen atoms in total. The van der Waals surface area contributed by atoms with Gasteiger partial charge >= 0.3 is 0 Å². The van der Waals surface area contributed by atoms with Gasteiger partial charge in [-0.3, -0.25) is 0 Å². The van der Waals surface area contributed by atoms with Crippen molar-refractivity contribution in [3.8, 4) is 0 Å². The number of aldehydes is 1. The number of rotatable bonds is 15. The Labute approximate surface area is 120 Å². The molecule has 0 aliphatic heterocycles. The lowest BCUT2D eigenvalue weighted by atomic mass is 10.1. The Hall–Kier alpha value is -0.590. The van der Waals surface area contributed by atoms with Gasteiger partial charge in [0.25, 0.3) is 0 Å². The minimum Gasteiger partial charge on any atom is -0.303 e. The van der Waals surface area contributed by atoms with E-state index in [-0.39, 0.29) is 0 Å². The number of hydrogen-bond acceptors (Lipinski definition) is 1. The first-order valence-electron chi connectivity index (χ1n) is 8.50. The van der Waals surface area contributed by atoms with Gasteiger partial charge in [-0.1, -0.05) is 70.4 Å². The molecule has 0 N–H and O–H groups in total. The van der Waals surface area contributed by atoms with Crippen LogP contribution in [0, 0.1) is 0 Å². The molecule has 0 aromatic carbocycles. The quantitative estimate of drug-likeness (QED) is 0.195. The fraction of sp³-hybridized carbons (Fsp3) is 0.833. The molecular weight excluding hydrogens is 232 g/mol. The van der Waals surface area contributed by atoms with Crippen molar-refractivity contribution in [2.45, 2.75) is 96.8 Å². The maximum Gasteiger partial charge on any atom is 0.119 e. The molecule has 0 saturated carbocycles. The van der Waals surface area contributed by atoms with Gasteiger partial charge in [0.1, 0.15) is 6.29 Å². The summed E-state index contributed by atoms with van der Waals surface area (Å²) in [7, 11) is 0. The van der Waals surface area contributed by atoms with E-state index < -0.39 is 0 Å². The van der Waals surface area contributed by atoms with Gasteiger partial charge in [0, 0.05) is 6.42 Å². The molecular formula is C18H34O. The zero-order chi connectivity index (χ0) is 14.0. The first-order chi connectivity index (χ1) is 9.41. The fourth-order valence-electron chi connectivity index (χ4n) is 2.30. The van der Waals surface area contributed by atoms with Crippen molar-refractivity contribution < 1.29 is 4.79 Å². The van der Waals surface area contributed by atoms with E-state index in [2.05, 4.69) is 19.1 Å². The molecule has 0 spiro atoms. The highest BCUT2D eigenvalue weighted by molar-refractivity contribution is 5.48. The van der Waals surface area contributed by atoms with E-state index in [1.165, 1.54) is 77.0 Å². The Morgan fingerprint density at radius 1 is 0.579 bits per heavy atom. The fourth-order valence-corrected chi connectivity index (χ4v) is 2.30. The third kappa shape index (κ3) is 17.4. The molecule has 0 atom stereocenters. The van der Waals surface area contributed by atoms with E-state index in [9.17, 15) is 4.79 Å². The van der Waals surface area contributed by atoms with Crippen molar-refractivity contribution in [3.63, 3.8) is 0 Å². The molecule has 0 aliphatic carbocycles. The van der Waals surface area contributed by atoms with E-state index in [1.54, 1.807) is 0 Å². The number of allylic oxidation sites excluding steroid dienone is 2. The molecule has 0 rings (SSSR count). The standard InChI is InChI=1S/C18H34O/c1-2-3-4-5-6-7-8-9-10-11-12-13-14-15-16-17-18-19/h10-11,18H,2-9,12-17H2,1H3/b11-10-. The van der Waals surface area contributed by atoms with E-state index >= 15 is 0 Å². The lowest BCUT2D eigenvalue weighted by molar-refractivity contribution is -0.107. The summed E-state index contributed by atoms with van der Waals surface area (Å²) in [4.78, 5) is 10.1.